The van der Waals surface area contributed by atoms with Gasteiger partial charge in [-0.15, -0.1) is 0 Å². The molecule has 1 nitrogen and oxygen atoms in total. The molecule has 0 heterocycles. The van der Waals surface area contributed by atoms with Gasteiger partial charge < -0.3 is 0 Å². The van der Waals surface area contributed by atoms with Crippen LogP contribution in [0.5, 0.6) is 0 Å². The number of rotatable bonds is 5. The van der Waals surface area contributed by atoms with E-state index in [0.29, 0.717) is 5.41 Å². The molecule has 0 spiro atoms. The van der Waals surface area contributed by atoms with Gasteiger partial charge in [0.15, 0.2) is 0 Å². The van der Waals surface area contributed by atoms with Gasteiger partial charge in [-0.2, -0.15) is 12.6 Å². The lowest BCUT2D eigenvalue weighted by Crippen LogP contribution is -2.30. The highest BCUT2D eigenvalue weighted by Gasteiger charge is 2.42. The summed E-state index contributed by atoms with van der Waals surface area (Å²) in [7, 11) is 2.07. The van der Waals surface area contributed by atoms with E-state index in [9.17, 15) is 4.39 Å². The monoisotopic (exact) mass is 253 g/mol. The second-order valence-electron chi connectivity index (χ2n) is 5.27. The highest BCUT2D eigenvalue weighted by molar-refractivity contribution is 7.80. The van der Waals surface area contributed by atoms with E-state index in [0.717, 1.165) is 17.9 Å². The second-order valence-corrected chi connectivity index (χ2v) is 5.59. The van der Waals surface area contributed by atoms with Gasteiger partial charge in [0.2, 0.25) is 0 Å². The summed E-state index contributed by atoms with van der Waals surface area (Å²) in [5, 5.41) is 0. The molecule has 0 amide bonds. The first kappa shape index (κ1) is 12.9. The third kappa shape index (κ3) is 2.83. The zero-order valence-corrected chi connectivity index (χ0v) is 11.4. The minimum atomic E-state index is -0.109. The van der Waals surface area contributed by atoms with E-state index >= 15 is 0 Å². The van der Waals surface area contributed by atoms with Crippen molar-refractivity contribution in [3.63, 3.8) is 0 Å². The number of thiol groups is 1. The van der Waals surface area contributed by atoms with Crippen LogP contribution in [-0.2, 0) is 0 Å². The Bertz CT molecular complexity index is 390. The van der Waals surface area contributed by atoms with Gasteiger partial charge in [0.05, 0.1) is 0 Å². The third-order valence-corrected chi connectivity index (χ3v) is 4.56. The van der Waals surface area contributed by atoms with E-state index < -0.39 is 0 Å². The third-order valence-electron chi connectivity index (χ3n) is 3.89. The fourth-order valence-electron chi connectivity index (χ4n) is 2.26. The van der Waals surface area contributed by atoms with Crippen LogP contribution in [0, 0.1) is 11.2 Å². The first-order valence-electron chi connectivity index (χ1n) is 6.13. The van der Waals surface area contributed by atoms with Crippen molar-refractivity contribution in [1.82, 2.24) is 4.90 Å². The Morgan fingerprint density at radius 2 is 2.06 bits per heavy atom. The van der Waals surface area contributed by atoms with Crippen LogP contribution in [0.15, 0.2) is 24.3 Å². The van der Waals surface area contributed by atoms with Gasteiger partial charge in [-0.3, -0.25) is 4.90 Å². The summed E-state index contributed by atoms with van der Waals surface area (Å²) >= 11 is 4.41. The standard InChI is InChI=1S/C14H20FNS/c1-11(12-5-3-4-6-13(12)15)16(2)9-14(10-17)7-8-14/h3-6,11,17H,7-10H2,1-2H3. The van der Waals surface area contributed by atoms with Crippen LogP contribution >= 0.6 is 12.6 Å². The zero-order valence-electron chi connectivity index (χ0n) is 10.5. The van der Waals surface area contributed by atoms with Crippen LogP contribution < -0.4 is 0 Å². The summed E-state index contributed by atoms with van der Waals surface area (Å²) in [4.78, 5) is 2.24. The maximum Gasteiger partial charge on any atom is 0.127 e. The lowest BCUT2D eigenvalue weighted by atomic mass is 10.0. The Balaban J connectivity index is 2.04. The van der Waals surface area contributed by atoms with Crippen molar-refractivity contribution in [3.8, 4) is 0 Å². The fraction of sp³-hybridized carbons (Fsp3) is 0.571. The Morgan fingerprint density at radius 1 is 1.41 bits per heavy atom. The first-order valence-corrected chi connectivity index (χ1v) is 6.77. The molecule has 17 heavy (non-hydrogen) atoms. The van der Waals surface area contributed by atoms with Crippen LogP contribution in [0.1, 0.15) is 31.4 Å². The molecule has 0 radical (unpaired) electrons. The molecule has 1 saturated carbocycles. The molecule has 1 aromatic carbocycles. The molecule has 3 heteroatoms. The topological polar surface area (TPSA) is 3.24 Å². The van der Waals surface area contributed by atoms with E-state index in [2.05, 4.69) is 31.5 Å². The lowest BCUT2D eigenvalue weighted by molar-refractivity contribution is 0.216. The summed E-state index contributed by atoms with van der Waals surface area (Å²) < 4.78 is 13.7. The average molecular weight is 253 g/mol. The van der Waals surface area contributed by atoms with Gasteiger partial charge in [-0.25, -0.2) is 4.39 Å². The predicted octanol–water partition coefficient (Wildman–Crippen LogP) is 3.53. The van der Waals surface area contributed by atoms with Crippen LogP contribution in [0.2, 0.25) is 0 Å². The van der Waals surface area contributed by atoms with Crippen molar-refractivity contribution in [2.24, 2.45) is 5.41 Å². The SMILES string of the molecule is CC(c1ccccc1F)N(C)CC1(CS)CC1. The van der Waals surface area contributed by atoms with Gasteiger partial charge in [0.25, 0.3) is 0 Å². The maximum absolute atomic E-state index is 13.7. The molecule has 1 fully saturated rings. The average Bonchev–Trinajstić information content (AvgIpc) is 3.09. The molecule has 0 aliphatic heterocycles. The van der Waals surface area contributed by atoms with Crippen LogP contribution in [0.3, 0.4) is 0 Å². The van der Waals surface area contributed by atoms with Gasteiger partial charge in [-0.1, -0.05) is 18.2 Å². The van der Waals surface area contributed by atoms with Crippen molar-refractivity contribution in [2.75, 3.05) is 19.3 Å². The molecular weight excluding hydrogens is 233 g/mol. The Hall–Kier alpha value is -0.540. The van der Waals surface area contributed by atoms with E-state index in [4.69, 9.17) is 0 Å². The van der Waals surface area contributed by atoms with Gasteiger partial charge in [0.1, 0.15) is 5.82 Å². The molecule has 0 bridgehead atoms. The van der Waals surface area contributed by atoms with Crippen molar-refractivity contribution in [2.45, 2.75) is 25.8 Å². The number of hydrogen-bond donors (Lipinski definition) is 1. The predicted molar refractivity (Wildman–Crippen MR) is 73.0 cm³/mol. The van der Waals surface area contributed by atoms with Crippen LogP contribution in [0.25, 0.3) is 0 Å². The first-order chi connectivity index (χ1) is 8.08. The number of nitrogens with zero attached hydrogens (tertiary/aromatic N) is 1. The molecule has 0 saturated heterocycles. The number of halogens is 1. The van der Waals surface area contributed by atoms with Gasteiger partial charge >= 0.3 is 0 Å². The zero-order chi connectivity index (χ0) is 12.5. The van der Waals surface area contributed by atoms with E-state index in [1.165, 1.54) is 18.9 Å². The minimum Gasteiger partial charge on any atom is -0.299 e. The normalized spacial score (nSPS) is 19.4. The molecule has 0 N–H and O–H groups in total. The highest BCUT2D eigenvalue weighted by atomic mass is 32.1. The Morgan fingerprint density at radius 3 is 2.59 bits per heavy atom. The molecule has 1 unspecified atom stereocenters. The van der Waals surface area contributed by atoms with Gasteiger partial charge in [0, 0.05) is 18.2 Å². The molecule has 0 aromatic heterocycles. The van der Waals surface area contributed by atoms with Crippen molar-refractivity contribution in [3.05, 3.63) is 35.6 Å². The van der Waals surface area contributed by atoms with E-state index in [1.807, 2.05) is 12.1 Å². The number of hydrogen-bond acceptors (Lipinski definition) is 2. The summed E-state index contributed by atoms with van der Waals surface area (Å²) in [5.74, 6) is 0.823. The molecule has 1 aromatic rings. The summed E-state index contributed by atoms with van der Waals surface area (Å²) in [6.07, 6.45) is 2.51. The summed E-state index contributed by atoms with van der Waals surface area (Å²) in [6.45, 7) is 3.07. The molecule has 2 rings (SSSR count). The van der Waals surface area contributed by atoms with Crippen molar-refractivity contribution < 1.29 is 4.39 Å². The maximum atomic E-state index is 13.7. The smallest absolute Gasteiger partial charge is 0.127 e. The van der Waals surface area contributed by atoms with E-state index in [-0.39, 0.29) is 11.9 Å². The van der Waals surface area contributed by atoms with Gasteiger partial charge in [-0.05, 0) is 44.0 Å². The van der Waals surface area contributed by atoms with Crippen molar-refractivity contribution in [1.29, 1.82) is 0 Å². The second kappa shape index (κ2) is 4.99. The molecule has 94 valence electrons. The molecule has 1 aliphatic carbocycles. The van der Waals surface area contributed by atoms with Crippen LogP contribution in [0.4, 0.5) is 4.39 Å². The van der Waals surface area contributed by atoms with E-state index in [1.54, 1.807) is 6.07 Å². The lowest BCUT2D eigenvalue weighted by Gasteiger charge is -2.29. The fourth-order valence-corrected chi connectivity index (χ4v) is 2.68. The molecule has 1 aliphatic rings. The number of benzene rings is 1. The molecule has 1 atom stereocenters. The highest BCUT2D eigenvalue weighted by Crippen LogP contribution is 2.47. The quantitative estimate of drug-likeness (QED) is 0.786. The van der Waals surface area contributed by atoms with Crippen LogP contribution in [-0.4, -0.2) is 24.2 Å². The Labute approximate surface area is 108 Å². The minimum absolute atomic E-state index is 0.109. The Kier molecular flexibility index (Phi) is 3.79. The summed E-state index contributed by atoms with van der Waals surface area (Å²) in [5.41, 5.74) is 1.17. The largest absolute Gasteiger partial charge is 0.299 e. The van der Waals surface area contributed by atoms with Crippen molar-refractivity contribution >= 4 is 12.6 Å². The summed E-state index contributed by atoms with van der Waals surface area (Å²) in [6, 6.07) is 7.16. The molecular formula is C14H20FNS.